The van der Waals surface area contributed by atoms with Crippen molar-refractivity contribution in [2.75, 3.05) is 0 Å². The molecule has 4 heteroatoms. The number of hydrogen-bond donors (Lipinski definition) is 1. The first-order valence-corrected chi connectivity index (χ1v) is 7.32. The fourth-order valence-electron chi connectivity index (χ4n) is 2.87. The van der Waals surface area contributed by atoms with Crippen LogP contribution in [0.2, 0.25) is 0 Å². The van der Waals surface area contributed by atoms with Gasteiger partial charge in [-0.2, -0.15) is 4.98 Å². The van der Waals surface area contributed by atoms with E-state index in [1.165, 1.54) is 17.5 Å². The van der Waals surface area contributed by atoms with E-state index in [-0.39, 0.29) is 12.0 Å². The van der Waals surface area contributed by atoms with E-state index in [0.29, 0.717) is 18.7 Å². The molecule has 0 amide bonds. The normalized spacial score (nSPS) is 19.6. The Morgan fingerprint density at radius 3 is 3.10 bits per heavy atom. The fourth-order valence-corrected chi connectivity index (χ4v) is 2.87. The molecular formula is C16H20N2O2. The van der Waals surface area contributed by atoms with Gasteiger partial charge in [0, 0.05) is 12.3 Å². The van der Waals surface area contributed by atoms with Crippen LogP contribution in [0.3, 0.4) is 0 Å². The van der Waals surface area contributed by atoms with Gasteiger partial charge in [0.25, 0.3) is 0 Å². The predicted octanol–water partition coefficient (Wildman–Crippen LogP) is 2.85. The third kappa shape index (κ3) is 2.75. The highest BCUT2D eigenvalue weighted by molar-refractivity contribution is 5.36. The highest BCUT2D eigenvalue weighted by atomic mass is 16.5. The van der Waals surface area contributed by atoms with Crippen LogP contribution in [0.5, 0.6) is 0 Å². The molecule has 20 heavy (non-hydrogen) atoms. The van der Waals surface area contributed by atoms with Crippen LogP contribution in [0, 0.1) is 0 Å². The summed E-state index contributed by atoms with van der Waals surface area (Å²) in [6.45, 7) is 1.77. The van der Waals surface area contributed by atoms with E-state index in [1.54, 1.807) is 6.92 Å². The zero-order valence-electron chi connectivity index (χ0n) is 11.7. The maximum atomic E-state index is 9.31. The lowest BCUT2D eigenvalue weighted by Crippen LogP contribution is -2.12. The summed E-state index contributed by atoms with van der Waals surface area (Å²) >= 11 is 0. The quantitative estimate of drug-likeness (QED) is 0.929. The first-order valence-electron chi connectivity index (χ1n) is 7.32. The molecule has 106 valence electrons. The molecule has 2 aromatic rings. The molecule has 0 bridgehead atoms. The van der Waals surface area contributed by atoms with Crippen LogP contribution in [0.1, 0.15) is 54.9 Å². The van der Waals surface area contributed by atoms with Crippen LogP contribution in [-0.2, 0) is 12.8 Å². The molecule has 1 aliphatic carbocycles. The first-order chi connectivity index (χ1) is 9.74. The van der Waals surface area contributed by atoms with Crippen molar-refractivity contribution in [1.29, 1.82) is 0 Å². The minimum absolute atomic E-state index is 0.254. The maximum Gasteiger partial charge on any atom is 0.226 e. The van der Waals surface area contributed by atoms with Crippen molar-refractivity contribution in [3.8, 4) is 0 Å². The predicted molar refractivity (Wildman–Crippen MR) is 75.5 cm³/mol. The molecule has 0 spiro atoms. The molecule has 0 aliphatic heterocycles. The summed E-state index contributed by atoms with van der Waals surface area (Å²) in [5.41, 5.74) is 2.74. The van der Waals surface area contributed by atoms with Crippen LogP contribution >= 0.6 is 0 Å². The Balaban J connectivity index is 1.80. The zero-order valence-corrected chi connectivity index (χ0v) is 11.7. The van der Waals surface area contributed by atoms with Crippen molar-refractivity contribution >= 4 is 0 Å². The number of aromatic nitrogens is 2. The Hall–Kier alpha value is -1.68. The second-order valence-corrected chi connectivity index (χ2v) is 5.58. The molecule has 3 rings (SSSR count). The van der Waals surface area contributed by atoms with Gasteiger partial charge in [0.1, 0.15) is 0 Å². The largest absolute Gasteiger partial charge is 0.393 e. The summed E-state index contributed by atoms with van der Waals surface area (Å²) in [5.74, 6) is 1.67. The lowest BCUT2D eigenvalue weighted by Gasteiger charge is -2.22. The highest BCUT2D eigenvalue weighted by Gasteiger charge is 2.25. The number of hydrogen-bond acceptors (Lipinski definition) is 4. The number of aryl methyl sites for hydroxylation is 2. The fraction of sp³-hybridized carbons (Fsp3) is 0.500. The lowest BCUT2D eigenvalue weighted by atomic mass is 9.82. The summed E-state index contributed by atoms with van der Waals surface area (Å²) in [5, 5.41) is 13.5. The monoisotopic (exact) mass is 272 g/mol. The third-order valence-electron chi connectivity index (χ3n) is 3.94. The van der Waals surface area contributed by atoms with E-state index in [0.717, 1.165) is 18.7 Å². The standard InChI is InChI=1S/C16H20N2O2/c1-11(19)9-10-15-17-16(18-20-15)14-8-4-6-12-5-2-3-7-13(12)14/h2-3,5,7,11,14,19H,4,6,8-10H2,1H3. The highest BCUT2D eigenvalue weighted by Crippen LogP contribution is 2.35. The third-order valence-corrected chi connectivity index (χ3v) is 3.94. The number of aliphatic hydroxyl groups is 1. The van der Waals surface area contributed by atoms with Gasteiger partial charge in [-0.1, -0.05) is 29.4 Å². The topological polar surface area (TPSA) is 59.2 Å². The maximum absolute atomic E-state index is 9.31. The molecule has 0 saturated carbocycles. The summed E-state index contributed by atoms with van der Waals surface area (Å²) in [7, 11) is 0. The summed E-state index contributed by atoms with van der Waals surface area (Å²) < 4.78 is 5.31. The van der Waals surface area contributed by atoms with E-state index in [2.05, 4.69) is 34.4 Å². The number of fused-ring (bicyclic) bond motifs is 1. The molecule has 1 aromatic heterocycles. The smallest absolute Gasteiger partial charge is 0.226 e. The van der Waals surface area contributed by atoms with Crippen molar-refractivity contribution in [2.24, 2.45) is 0 Å². The molecule has 2 atom stereocenters. The number of aliphatic hydroxyl groups excluding tert-OH is 1. The summed E-state index contributed by atoms with van der Waals surface area (Å²) in [4.78, 5) is 4.52. The average molecular weight is 272 g/mol. The molecule has 4 nitrogen and oxygen atoms in total. The molecule has 1 aliphatic rings. The van der Waals surface area contributed by atoms with Gasteiger partial charge >= 0.3 is 0 Å². The Kier molecular flexibility index (Phi) is 3.83. The van der Waals surface area contributed by atoms with E-state index >= 15 is 0 Å². The molecule has 0 radical (unpaired) electrons. The molecule has 0 fully saturated rings. The van der Waals surface area contributed by atoms with E-state index in [4.69, 9.17) is 4.52 Å². The zero-order chi connectivity index (χ0) is 13.9. The van der Waals surface area contributed by atoms with Crippen LogP contribution in [0.4, 0.5) is 0 Å². The minimum Gasteiger partial charge on any atom is -0.393 e. The van der Waals surface area contributed by atoms with Gasteiger partial charge in [0.15, 0.2) is 5.82 Å². The number of benzene rings is 1. The van der Waals surface area contributed by atoms with Crippen LogP contribution in [-0.4, -0.2) is 21.4 Å². The number of rotatable bonds is 4. The Morgan fingerprint density at radius 1 is 1.40 bits per heavy atom. The van der Waals surface area contributed by atoms with Crippen molar-refractivity contribution < 1.29 is 9.63 Å². The van der Waals surface area contributed by atoms with Crippen LogP contribution < -0.4 is 0 Å². The van der Waals surface area contributed by atoms with Crippen LogP contribution in [0.15, 0.2) is 28.8 Å². The van der Waals surface area contributed by atoms with Crippen LogP contribution in [0.25, 0.3) is 0 Å². The van der Waals surface area contributed by atoms with E-state index in [9.17, 15) is 5.11 Å². The number of nitrogens with zero attached hydrogens (tertiary/aromatic N) is 2. The molecule has 1 heterocycles. The van der Waals surface area contributed by atoms with Gasteiger partial charge in [0.2, 0.25) is 5.89 Å². The van der Waals surface area contributed by atoms with Crippen molar-refractivity contribution in [3.63, 3.8) is 0 Å². The second kappa shape index (κ2) is 5.75. The Labute approximate surface area is 118 Å². The van der Waals surface area contributed by atoms with Gasteiger partial charge in [0.05, 0.1) is 6.10 Å². The van der Waals surface area contributed by atoms with Crippen molar-refractivity contribution in [3.05, 3.63) is 47.1 Å². The van der Waals surface area contributed by atoms with Gasteiger partial charge in [-0.25, -0.2) is 0 Å². The lowest BCUT2D eigenvalue weighted by molar-refractivity contribution is 0.180. The average Bonchev–Trinajstić information content (AvgIpc) is 2.93. The van der Waals surface area contributed by atoms with Gasteiger partial charge in [-0.15, -0.1) is 0 Å². The summed E-state index contributed by atoms with van der Waals surface area (Å²) in [6.07, 6.45) is 4.34. The molecule has 0 saturated heterocycles. The molecular weight excluding hydrogens is 252 g/mol. The van der Waals surface area contributed by atoms with E-state index in [1.807, 2.05) is 0 Å². The first kappa shape index (κ1) is 13.3. The summed E-state index contributed by atoms with van der Waals surface area (Å²) in [6, 6.07) is 8.53. The van der Waals surface area contributed by atoms with Gasteiger partial charge in [-0.3, -0.25) is 0 Å². The second-order valence-electron chi connectivity index (χ2n) is 5.58. The Bertz CT molecular complexity index is 577. The van der Waals surface area contributed by atoms with Crippen molar-refractivity contribution in [1.82, 2.24) is 10.1 Å². The SMILES string of the molecule is CC(O)CCc1nc(C2CCCc3ccccc32)no1. The van der Waals surface area contributed by atoms with Gasteiger partial charge < -0.3 is 9.63 Å². The molecule has 1 N–H and O–H groups in total. The molecule has 1 aromatic carbocycles. The Morgan fingerprint density at radius 2 is 2.25 bits per heavy atom. The van der Waals surface area contributed by atoms with E-state index < -0.39 is 0 Å². The van der Waals surface area contributed by atoms with Crippen molar-refractivity contribution in [2.45, 2.75) is 51.0 Å². The minimum atomic E-state index is -0.333. The molecule has 2 unspecified atom stereocenters. The van der Waals surface area contributed by atoms with Gasteiger partial charge in [-0.05, 0) is 43.7 Å².